The summed E-state index contributed by atoms with van der Waals surface area (Å²) in [6.45, 7) is 2.75. The molecule has 9 rings (SSSR count). The molecule has 1 aliphatic carbocycles. The molecule has 3 heterocycles. The molecular weight excluding hydrogens is 607 g/mol. The fourth-order valence-electron chi connectivity index (χ4n) is 7.81. The van der Waals surface area contributed by atoms with Gasteiger partial charge in [0.05, 0.1) is 22.4 Å². The standard InChI is InChI=1S/C43H37FN4O/c1-2-29-20-21-45-43(22-29)48-39-15-6-5-14-37(39)38-19-18-35(27-42(38)48)49-36-24-31(30-10-3-4-11-30)23-34(26-36)47-28-46(33-13-9-12-32(44)25-33)40-16-7-8-17-41(40)47/h5-9,12-27,30H,2-4,10-11,28H2,1H3. The number of ether oxygens (including phenoxy) is 1. The molecule has 1 aliphatic heterocycles. The first kappa shape index (κ1) is 29.5. The van der Waals surface area contributed by atoms with Crippen molar-refractivity contribution < 1.29 is 9.13 Å². The second-order valence-electron chi connectivity index (χ2n) is 13.2. The van der Waals surface area contributed by atoms with Gasteiger partial charge in [0.2, 0.25) is 0 Å². The van der Waals surface area contributed by atoms with Crippen molar-refractivity contribution in [2.75, 3.05) is 16.5 Å². The molecule has 1 fully saturated rings. The number of nitrogens with zero attached hydrogens (tertiary/aromatic N) is 4. The average Bonchev–Trinajstić information content (AvgIpc) is 3.89. The zero-order valence-electron chi connectivity index (χ0n) is 27.5. The highest BCUT2D eigenvalue weighted by Gasteiger charge is 2.29. The quantitative estimate of drug-likeness (QED) is 0.173. The third kappa shape index (κ3) is 5.28. The fraction of sp³-hybridized carbons (Fsp3) is 0.186. The van der Waals surface area contributed by atoms with Crippen molar-refractivity contribution in [1.82, 2.24) is 9.55 Å². The first-order valence-corrected chi connectivity index (χ1v) is 17.3. The van der Waals surface area contributed by atoms with E-state index in [9.17, 15) is 4.39 Å². The Morgan fingerprint density at radius 1 is 0.694 bits per heavy atom. The molecule has 0 radical (unpaired) electrons. The van der Waals surface area contributed by atoms with Crippen LogP contribution in [0.25, 0.3) is 27.6 Å². The Morgan fingerprint density at radius 2 is 1.47 bits per heavy atom. The van der Waals surface area contributed by atoms with Crippen LogP contribution in [-0.2, 0) is 6.42 Å². The molecule has 0 N–H and O–H groups in total. The van der Waals surface area contributed by atoms with Crippen LogP contribution in [-0.4, -0.2) is 16.2 Å². The topological polar surface area (TPSA) is 33.5 Å². The maximum Gasteiger partial charge on any atom is 0.137 e. The average molecular weight is 645 g/mol. The molecular formula is C43H37FN4O. The normalized spacial score (nSPS) is 14.7. The van der Waals surface area contributed by atoms with Gasteiger partial charge in [-0.3, -0.25) is 4.57 Å². The summed E-state index contributed by atoms with van der Waals surface area (Å²) in [4.78, 5) is 9.29. The van der Waals surface area contributed by atoms with Crippen molar-refractivity contribution in [3.8, 4) is 17.3 Å². The van der Waals surface area contributed by atoms with E-state index in [4.69, 9.17) is 9.72 Å². The highest BCUT2D eigenvalue weighted by atomic mass is 19.1. The number of hydrogen-bond acceptors (Lipinski definition) is 4. The zero-order chi connectivity index (χ0) is 32.9. The second-order valence-corrected chi connectivity index (χ2v) is 13.2. The molecule has 0 atom stereocenters. The Bertz CT molecular complexity index is 2340. The van der Waals surface area contributed by atoms with Crippen LogP contribution in [0.3, 0.4) is 0 Å². The van der Waals surface area contributed by atoms with Crippen LogP contribution in [0.5, 0.6) is 11.5 Å². The Hall–Kier alpha value is -5.62. The molecule has 0 amide bonds. The fourth-order valence-corrected chi connectivity index (χ4v) is 7.81. The number of halogens is 1. The van der Waals surface area contributed by atoms with Crippen molar-refractivity contribution in [1.29, 1.82) is 0 Å². The van der Waals surface area contributed by atoms with Gasteiger partial charge in [0.15, 0.2) is 0 Å². The zero-order valence-corrected chi connectivity index (χ0v) is 27.5. The van der Waals surface area contributed by atoms with Crippen LogP contribution in [0.15, 0.2) is 128 Å². The van der Waals surface area contributed by atoms with E-state index < -0.39 is 0 Å². The molecule has 5 nitrogen and oxygen atoms in total. The molecule has 2 aromatic heterocycles. The lowest BCUT2D eigenvalue weighted by molar-refractivity contribution is 0.482. The van der Waals surface area contributed by atoms with Crippen LogP contribution >= 0.6 is 0 Å². The summed E-state index contributed by atoms with van der Waals surface area (Å²) in [5.74, 6) is 2.76. The Morgan fingerprint density at radius 3 is 2.29 bits per heavy atom. The van der Waals surface area contributed by atoms with E-state index in [0.29, 0.717) is 12.6 Å². The van der Waals surface area contributed by atoms with Gasteiger partial charge in [0, 0.05) is 40.5 Å². The molecule has 0 spiro atoms. The van der Waals surface area contributed by atoms with Gasteiger partial charge in [-0.2, -0.15) is 0 Å². The van der Waals surface area contributed by atoms with Crippen molar-refractivity contribution in [3.63, 3.8) is 0 Å². The van der Waals surface area contributed by atoms with Crippen molar-refractivity contribution in [2.24, 2.45) is 0 Å². The molecule has 0 unspecified atom stereocenters. The molecule has 5 aromatic carbocycles. The number of fused-ring (bicyclic) bond motifs is 4. The maximum atomic E-state index is 14.4. The molecule has 242 valence electrons. The van der Waals surface area contributed by atoms with Gasteiger partial charge >= 0.3 is 0 Å². The van der Waals surface area contributed by atoms with E-state index in [0.717, 1.165) is 62.9 Å². The SMILES string of the molecule is CCc1ccnc(-n2c3ccccc3c3ccc(Oc4cc(C5CCCC5)cc(N5CN(c6cccc(F)c6)c6ccccc65)c4)cc32)c1. The number of aromatic nitrogens is 2. The van der Waals surface area contributed by atoms with E-state index in [-0.39, 0.29) is 5.82 Å². The first-order valence-electron chi connectivity index (χ1n) is 17.3. The van der Waals surface area contributed by atoms with Gasteiger partial charge in [0.25, 0.3) is 0 Å². The highest BCUT2D eigenvalue weighted by Crippen LogP contribution is 2.47. The lowest BCUT2D eigenvalue weighted by atomic mass is 9.96. The van der Waals surface area contributed by atoms with Crippen LogP contribution in [0, 0.1) is 5.82 Å². The molecule has 0 bridgehead atoms. The predicted octanol–water partition coefficient (Wildman–Crippen LogP) is 11.6. The molecule has 7 aromatic rings. The van der Waals surface area contributed by atoms with Gasteiger partial charge in [-0.05, 0) is 109 Å². The molecule has 6 heteroatoms. The number of hydrogen-bond donors (Lipinski definition) is 0. The maximum absolute atomic E-state index is 14.4. The summed E-state index contributed by atoms with van der Waals surface area (Å²) in [5, 5.41) is 2.35. The van der Waals surface area contributed by atoms with Gasteiger partial charge in [-0.15, -0.1) is 0 Å². The van der Waals surface area contributed by atoms with Crippen LogP contribution < -0.4 is 14.5 Å². The van der Waals surface area contributed by atoms with Gasteiger partial charge in [-0.1, -0.05) is 56.2 Å². The smallest absolute Gasteiger partial charge is 0.137 e. The minimum absolute atomic E-state index is 0.239. The summed E-state index contributed by atoms with van der Waals surface area (Å²) >= 11 is 0. The van der Waals surface area contributed by atoms with Crippen molar-refractivity contribution in [3.05, 3.63) is 144 Å². The highest BCUT2D eigenvalue weighted by molar-refractivity contribution is 6.09. The summed E-state index contributed by atoms with van der Waals surface area (Å²) in [6.07, 6.45) is 7.72. The third-order valence-electron chi connectivity index (χ3n) is 10.2. The number of aryl methyl sites for hydroxylation is 1. The molecule has 49 heavy (non-hydrogen) atoms. The second kappa shape index (κ2) is 12.1. The van der Waals surface area contributed by atoms with Gasteiger partial charge in [0.1, 0.15) is 29.8 Å². The molecule has 0 saturated heterocycles. The Labute approximate surface area is 285 Å². The monoisotopic (exact) mass is 644 g/mol. The number of para-hydroxylation sites is 3. The summed E-state index contributed by atoms with van der Waals surface area (Å²) in [6, 6.07) is 41.1. The van der Waals surface area contributed by atoms with Gasteiger partial charge in [-0.25, -0.2) is 9.37 Å². The van der Waals surface area contributed by atoms with Crippen LogP contribution in [0.4, 0.5) is 27.1 Å². The van der Waals surface area contributed by atoms with E-state index >= 15 is 0 Å². The molecule has 2 aliphatic rings. The van der Waals surface area contributed by atoms with Gasteiger partial charge < -0.3 is 14.5 Å². The number of benzene rings is 5. The third-order valence-corrected chi connectivity index (χ3v) is 10.2. The Balaban J connectivity index is 1.14. The minimum atomic E-state index is -0.239. The van der Waals surface area contributed by atoms with Crippen LogP contribution in [0.1, 0.15) is 49.7 Å². The van der Waals surface area contributed by atoms with E-state index in [2.05, 4.69) is 112 Å². The minimum Gasteiger partial charge on any atom is -0.457 e. The van der Waals surface area contributed by atoms with E-state index in [1.165, 1.54) is 48.3 Å². The lowest BCUT2D eigenvalue weighted by Gasteiger charge is -2.24. The van der Waals surface area contributed by atoms with E-state index in [1.54, 1.807) is 12.1 Å². The number of rotatable bonds is 7. The molecule has 1 saturated carbocycles. The Kier molecular flexibility index (Phi) is 7.30. The largest absolute Gasteiger partial charge is 0.457 e. The van der Waals surface area contributed by atoms with Crippen molar-refractivity contribution in [2.45, 2.75) is 44.9 Å². The predicted molar refractivity (Wildman–Crippen MR) is 198 cm³/mol. The lowest BCUT2D eigenvalue weighted by Crippen LogP contribution is -2.24. The van der Waals surface area contributed by atoms with Crippen LogP contribution in [0.2, 0.25) is 0 Å². The summed E-state index contributed by atoms with van der Waals surface area (Å²) in [7, 11) is 0. The summed E-state index contributed by atoms with van der Waals surface area (Å²) in [5.41, 5.74) is 8.79. The summed E-state index contributed by atoms with van der Waals surface area (Å²) < 4.78 is 23.4. The number of anilines is 4. The first-order chi connectivity index (χ1) is 24.1. The number of pyridine rings is 1. The van der Waals surface area contributed by atoms with E-state index in [1.807, 2.05) is 18.3 Å². The van der Waals surface area contributed by atoms with Crippen molar-refractivity contribution >= 4 is 44.6 Å².